The smallest absolute Gasteiger partial charge is 0.0964 e. The number of aromatic amines is 1. The van der Waals surface area contributed by atoms with Gasteiger partial charge in [0.2, 0.25) is 0 Å². The number of imidazole rings is 1. The third-order valence-corrected chi connectivity index (χ3v) is 5.87. The summed E-state index contributed by atoms with van der Waals surface area (Å²) in [5.41, 5.74) is 6.46. The summed E-state index contributed by atoms with van der Waals surface area (Å²) in [4.78, 5) is 8.10. The maximum atomic E-state index is 10.2. The fraction of sp³-hybridized carbons (Fsp3) is 0.0800. The average Bonchev–Trinajstić information content (AvgIpc) is 3.36. The van der Waals surface area contributed by atoms with Gasteiger partial charge in [0.15, 0.2) is 0 Å². The summed E-state index contributed by atoms with van der Waals surface area (Å²) < 4.78 is 2.11. The minimum Gasteiger partial charge on any atom is -0.390 e. The van der Waals surface area contributed by atoms with Crippen LogP contribution in [-0.2, 0) is 13.2 Å². The van der Waals surface area contributed by atoms with Gasteiger partial charge in [-0.3, -0.25) is 0 Å². The van der Waals surface area contributed by atoms with Crippen LogP contribution >= 0.6 is 23.2 Å². The summed E-state index contributed by atoms with van der Waals surface area (Å²) >= 11 is 12.3. The molecule has 2 N–H and O–H groups in total. The van der Waals surface area contributed by atoms with E-state index in [1.165, 1.54) is 0 Å². The SMILES string of the molecule is OCc1[nH]c2cc(Cl)ccc2c1-c1c(-c2ccccc2)ncn1Cc1ccc(Cl)cc1. The highest BCUT2D eigenvalue weighted by molar-refractivity contribution is 6.31. The van der Waals surface area contributed by atoms with Gasteiger partial charge < -0.3 is 14.7 Å². The maximum absolute atomic E-state index is 10.2. The van der Waals surface area contributed by atoms with Gasteiger partial charge in [0, 0.05) is 38.6 Å². The van der Waals surface area contributed by atoms with Crippen LogP contribution in [0.15, 0.2) is 79.1 Å². The number of halogens is 2. The number of fused-ring (bicyclic) bond motifs is 1. The standard InChI is InChI=1S/C25H19Cl2N3O/c26-18-8-6-16(7-9-18)13-30-15-28-24(17-4-2-1-3-5-17)25(30)23-20-11-10-19(27)12-21(20)29-22(23)14-31/h1-12,15,29,31H,13-14H2. The lowest BCUT2D eigenvalue weighted by Gasteiger charge is -2.12. The molecule has 5 aromatic rings. The first-order valence-corrected chi connectivity index (χ1v) is 10.7. The fourth-order valence-corrected chi connectivity index (χ4v) is 4.27. The highest BCUT2D eigenvalue weighted by atomic mass is 35.5. The van der Waals surface area contributed by atoms with E-state index >= 15 is 0 Å². The molecule has 0 bridgehead atoms. The van der Waals surface area contributed by atoms with Crippen LogP contribution in [0, 0.1) is 0 Å². The van der Waals surface area contributed by atoms with Gasteiger partial charge in [-0.15, -0.1) is 0 Å². The molecule has 0 radical (unpaired) electrons. The first kappa shape index (κ1) is 19.9. The molecule has 4 nitrogen and oxygen atoms in total. The Kier molecular flexibility index (Phi) is 5.28. The second-order valence-electron chi connectivity index (χ2n) is 7.39. The van der Waals surface area contributed by atoms with Crippen LogP contribution in [0.1, 0.15) is 11.3 Å². The number of rotatable bonds is 5. The molecule has 0 aliphatic rings. The molecule has 0 unspecified atom stereocenters. The van der Waals surface area contributed by atoms with Gasteiger partial charge in [-0.25, -0.2) is 4.98 Å². The molecule has 0 aliphatic carbocycles. The highest BCUT2D eigenvalue weighted by Crippen LogP contribution is 2.39. The largest absolute Gasteiger partial charge is 0.390 e. The number of aromatic nitrogens is 3. The second-order valence-corrected chi connectivity index (χ2v) is 8.26. The Morgan fingerprint density at radius 2 is 1.65 bits per heavy atom. The zero-order chi connectivity index (χ0) is 21.4. The van der Waals surface area contributed by atoms with Gasteiger partial charge in [-0.1, -0.05) is 71.7 Å². The predicted octanol–water partition coefficient (Wildman–Crippen LogP) is 6.55. The molecule has 3 aromatic carbocycles. The van der Waals surface area contributed by atoms with Crippen molar-refractivity contribution in [1.29, 1.82) is 0 Å². The summed E-state index contributed by atoms with van der Waals surface area (Å²) in [5, 5.41) is 12.5. The average molecular weight is 448 g/mol. The van der Waals surface area contributed by atoms with Gasteiger partial charge in [0.05, 0.1) is 30.0 Å². The van der Waals surface area contributed by atoms with Gasteiger partial charge in [0.25, 0.3) is 0 Å². The fourth-order valence-electron chi connectivity index (χ4n) is 3.97. The van der Waals surface area contributed by atoms with Gasteiger partial charge >= 0.3 is 0 Å². The van der Waals surface area contributed by atoms with Crippen LogP contribution < -0.4 is 0 Å². The maximum Gasteiger partial charge on any atom is 0.0964 e. The highest BCUT2D eigenvalue weighted by Gasteiger charge is 2.22. The summed E-state index contributed by atoms with van der Waals surface area (Å²) in [6, 6.07) is 23.6. The van der Waals surface area contributed by atoms with E-state index in [0.29, 0.717) is 16.6 Å². The van der Waals surface area contributed by atoms with Crippen LogP contribution in [0.5, 0.6) is 0 Å². The van der Waals surface area contributed by atoms with Crippen LogP contribution in [0.3, 0.4) is 0 Å². The van der Waals surface area contributed by atoms with E-state index < -0.39 is 0 Å². The zero-order valence-electron chi connectivity index (χ0n) is 16.5. The van der Waals surface area contributed by atoms with Crippen LogP contribution in [0.2, 0.25) is 10.0 Å². The quantitative estimate of drug-likeness (QED) is 0.321. The third kappa shape index (κ3) is 3.74. The minimum absolute atomic E-state index is 0.123. The number of nitrogens with zero attached hydrogens (tertiary/aromatic N) is 2. The molecule has 0 amide bonds. The van der Waals surface area contributed by atoms with Crippen molar-refractivity contribution in [3.63, 3.8) is 0 Å². The van der Waals surface area contributed by atoms with E-state index in [-0.39, 0.29) is 6.61 Å². The molecular weight excluding hydrogens is 429 g/mol. The van der Waals surface area contributed by atoms with E-state index in [2.05, 4.69) is 9.55 Å². The Balaban J connectivity index is 1.76. The molecular formula is C25H19Cl2N3O. The first-order chi connectivity index (χ1) is 15.1. The van der Waals surface area contributed by atoms with E-state index in [0.717, 1.165) is 44.7 Å². The van der Waals surface area contributed by atoms with Gasteiger partial charge in [-0.2, -0.15) is 0 Å². The lowest BCUT2D eigenvalue weighted by Crippen LogP contribution is -2.02. The number of aliphatic hydroxyl groups excluding tert-OH is 1. The van der Waals surface area contributed by atoms with Crippen molar-refractivity contribution in [2.75, 3.05) is 0 Å². The van der Waals surface area contributed by atoms with E-state index in [1.807, 2.05) is 79.1 Å². The predicted molar refractivity (Wildman–Crippen MR) is 126 cm³/mol. The third-order valence-electron chi connectivity index (χ3n) is 5.38. The molecule has 0 aliphatic heterocycles. The second kappa shape index (κ2) is 8.23. The monoisotopic (exact) mass is 447 g/mol. The molecule has 6 heteroatoms. The molecule has 154 valence electrons. The van der Waals surface area contributed by atoms with Crippen molar-refractivity contribution in [2.24, 2.45) is 0 Å². The van der Waals surface area contributed by atoms with E-state index in [1.54, 1.807) is 0 Å². The summed E-state index contributed by atoms with van der Waals surface area (Å²) in [6.45, 7) is 0.499. The number of hydrogen-bond acceptors (Lipinski definition) is 2. The Hall–Kier alpha value is -3.05. The molecule has 0 atom stereocenters. The van der Waals surface area contributed by atoms with Crippen molar-refractivity contribution in [3.05, 3.63) is 100 Å². The lowest BCUT2D eigenvalue weighted by molar-refractivity contribution is 0.278. The first-order valence-electron chi connectivity index (χ1n) is 9.90. The number of benzene rings is 3. The zero-order valence-corrected chi connectivity index (χ0v) is 18.0. The topological polar surface area (TPSA) is 53.8 Å². The van der Waals surface area contributed by atoms with Crippen LogP contribution in [0.4, 0.5) is 0 Å². The molecule has 2 aromatic heterocycles. The minimum atomic E-state index is -0.123. The van der Waals surface area contributed by atoms with Crippen molar-refractivity contribution in [2.45, 2.75) is 13.2 Å². The molecule has 2 heterocycles. The number of hydrogen-bond donors (Lipinski definition) is 2. The summed E-state index contributed by atoms with van der Waals surface area (Å²) in [5.74, 6) is 0. The molecule has 5 rings (SSSR count). The molecule has 0 fully saturated rings. The van der Waals surface area contributed by atoms with Gasteiger partial charge in [-0.05, 0) is 29.8 Å². The van der Waals surface area contributed by atoms with Crippen molar-refractivity contribution < 1.29 is 5.11 Å². The normalized spacial score (nSPS) is 11.3. The Morgan fingerprint density at radius 3 is 2.39 bits per heavy atom. The van der Waals surface area contributed by atoms with Crippen molar-refractivity contribution >= 4 is 34.1 Å². The van der Waals surface area contributed by atoms with Crippen LogP contribution in [0.25, 0.3) is 33.4 Å². The summed E-state index contributed by atoms with van der Waals surface area (Å²) in [7, 11) is 0. The molecule has 0 spiro atoms. The van der Waals surface area contributed by atoms with Crippen molar-refractivity contribution in [1.82, 2.24) is 14.5 Å². The Bertz CT molecular complexity index is 1360. The lowest BCUT2D eigenvalue weighted by atomic mass is 10.0. The summed E-state index contributed by atoms with van der Waals surface area (Å²) in [6.07, 6.45) is 1.85. The molecule has 0 saturated heterocycles. The molecule has 0 saturated carbocycles. The number of H-pyrrole nitrogens is 1. The van der Waals surface area contributed by atoms with Gasteiger partial charge in [0.1, 0.15) is 0 Å². The van der Waals surface area contributed by atoms with E-state index in [4.69, 9.17) is 28.2 Å². The molecule has 31 heavy (non-hydrogen) atoms. The number of aliphatic hydroxyl groups is 1. The van der Waals surface area contributed by atoms with Crippen LogP contribution in [-0.4, -0.2) is 19.6 Å². The Labute approximate surface area is 189 Å². The van der Waals surface area contributed by atoms with E-state index in [9.17, 15) is 5.11 Å². The van der Waals surface area contributed by atoms with Crippen molar-refractivity contribution in [3.8, 4) is 22.5 Å². The Morgan fingerprint density at radius 1 is 0.903 bits per heavy atom. The number of nitrogens with one attached hydrogen (secondary N) is 1.